The first-order valence-electron chi connectivity index (χ1n) is 10.1. The maximum atomic E-state index is 5.59. The van der Waals surface area contributed by atoms with Crippen LogP contribution >= 0.6 is 0 Å². The van der Waals surface area contributed by atoms with Crippen LogP contribution < -0.4 is 5.32 Å². The molecule has 6 rings (SSSR count). The summed E-state index contributed by atoms with van der Waals surface area (Å²) in [6.45, 7) is 0.752. The van der Waals surface area contributed by atoms with E-state index in [-0.39, 0.29) is 0 Å². The van der Waals surface area contributed by atoms with Crippen LogP contribution in [0.4, 0.5) is 0 Å². The summed E-state index contributed by atoms with van der Waals surface area (Å²) >= 11 is 0. The monoisotopic (exact) mass is 379 g/mol. The predicted molar refractivity (Wildman–Crippen MR) is 115 cm³/mol. The van der Waals surface area contributed by atoms with E-state index in [0.717, 1.165) is 36.3 Å². The molecule has 0 bridgehead atoms. The van der Waals surface area contributed by atoms with Crippen molar-refractivity contribution in [3.05, 3.63) is 96.0 Å². The Balaban J connectivity index is 1.33. The van der Waals surface area contributed by atoms with Gasteiger partial charge in [0, 0.05) is 24.3 Å². The van der Waals surface area contributed by atoms with Crippen LogP contribution in [-0.4, -0.2) is 15.4 Å². The highest BCUT2D eigenvalue weighted by Crippen LogP contribution is 2.29. The lowest BCUT2D eigenvalue weighted by Gasteiger charge is -2.13. The van der Waals surface area contributed by atoms with E-state index in [4.69, 9.17) is 9.40 Å². The Kier molecular flexibility index (Phi) is 3.77. The molecule has 0 saturated heterocycles. The molecule has 0 radical (unpaired) electrons. The third-order valence-electron chi connectivity index (χ3n) is 5.99. The van der Waals surface area contributed by atoms with Crippen molar-refractivity contribution in [2.24, 2.45) is 0 Å². The highest BCUT2D eigenvalue weighted by atomic mass is 16.3. The van der Waals surface area contributed by atoms with Gasteiger partial charge in [-0.1, -0.05) is 60.7 Å². The molecule has 29 heavy (non-hydrogen) atoms. The Bertz CT molecular complexity index is 1310. The molecule has 1 aliphatic carbocycles. The predicted octanol–water partition coefficient (Wildman–Crippen LogP) is 5.00. The van der Waals surface area contributed by atoms with Gasteiger partial charge in [0.1, 0.15) is 6.26 Å². The normalized spacial score (nSPS) is 14.1. The summed E-state index contributed by atoms with van der Waals surface area (Å²) in [5.74, 6) is 0.639. The van der Waals surface area contributed by atoms with Crippen LogP contribution in [0.25, 0.3) is 27.9 Å². The van der Waals surface area contributed by atoms with Gasteiger partial charge in [-0.25, -0.2) is 0 Å². The largest absolute Gasteiger partial charge is 0.432 e. The molecule has 2 aromatic heterocycles. The first-order chi connectivity index (χ1) is 14.3. The molecule has 3 aromatic carbocycles. The molecular formula is C25H21N3O. The zero-order chi connectivity index (χ0) is 19.2. The Morgan fingerprint density at radius 1 is 0.931 bits per heavy atom. The van der Waals surface area contributed by atoms with Crippen molar-refractivity contribution in [1.82, 2.24) is 14.7 Å². The first-order valence-corrected chi connectivity index (χ1v) is 10.1. The Labute approximate surface area is 168 Å². The smallest absolute Gasteiger partial charge is 0.306 e. The summed E-state index contributed by atoms with van der Waals surface area (Å²) < 4.78 is 7.65. The van der Waals surface area contributed by atoms with Gasteiger partial charge in [-0.05, 0) is 40.8 Å². The van der Waals surface area contributed by atoms with Gasteiger partial charge in [0.15, 0.2) is 0 Å². The summed E-state index contributed by atoms with van der Waals surface area (Å²) in [5.41, 5.74) is 6.16. The molecule has 0 fully saturated rings. The van der Waals surface area contributed by atoms with Gasteiger partial charge in [0.25, 0.3) is 0 Å². The molecule has 1 aliphatic rings. The number of hydrogen-bond donors (Lipinski definition) is 1. The summed E-state index contributed by atoms with van der Waals surface area (Å²) in [5, 5.41) is 6.22. The second kappa shape index (κ2) is 6.61. The number of hydrogen-bond acceptors (Lipinski definition) is 3. The molecular weight excluding hydrogens is 358 g/mol. The minimum absolute atomic E-state index is 0.453. The van der Waals surface area contributed by atoms with E-state index in [9.17, 15) is 0 Å². The zero-order valence-corrected chi connectivity index (χ0v) is 16.0. The van der Waals surface area contributed by atoms with Gasteiger partial charge in [-0.15, -0.1) is 0 Å². The minimum atomic E-state index is 0.453. The fourth-order valence-electron chi connectivity index (χ4n) is 4.51. The van der Waals surface area contributed by atoms with Crippen molar-refractivity contribution in [3.8, 4) is 11.3 Å². The average Bonchev–Trinajstić information content (AvgIpc) is 3.46. The van der Waals surface area contributed by atoms with E-state index in [1.54, 1.807) is 6.26 Å². The number of oxazole rings is 1. The molecule has 1 N–H and O–H groups in total. The maximum Gasteiger partial charge on any atom is 0.306 e. The van der Waals surface area contributed by atoms with E-state index >= 15 is 0 Å². The van der Waals surface area contributed by atoms with Crippen molar-refractivity contribution in [2.75, 3.05) is 0 Å². The van der Waals surface area contributed by atoms with Gasteiger partial charge in [0.2, 0.25) is 0 Å². The van der Waals surface area contributed by atoms with Crippen LogP contribution in [-0.2, 0) is 19.4 Å². The number of fused-ring (bicyclic) bond motifs is 3. The molecule has 0 atom stereocenters. The molecule has 5 aromatic rings. The SMILES string of the molecule is c1ccc2c(c1)CC(NCc1c(-c3ccc4ccccc4c3)nc3occn13)C2. The number of imidazole rings is 1. The second-order valence-corrected chi connectivity index (χ2v) is 7.78. The summed E-state index contributed by atoms with van der Waals surface area (Å²) in [6.07, 6.45) is 5.80. The fraction of sp³-hybridized carbons (Fsp3) is 0.160. The quantitative estimate of drug-likeness (QED) is 0.478. The lowest BCUT2D eigenvalue weighted by Crippen LogP contribution is -2.29. The second-order valence-electron chi connectivity index (χ2n) is 7.78. The number of nitrogens with zero attached hydrogens (tertiary/aromatic N) is 2. The Morgan fingerprint density at radius 3 is 2.52 bits per heavy atom. The fourth-order valence-corrected chi connectivity index (χ4v) is 4.51. The molecule has 4 nitrogen and oxygen atoms in total. The van der Waals surface area contributed by atoms with Gasteiger partial charge in [-0.2, -0.15) is 4.98 Å². The third-order valence-corrected chi connectivity index (χ3v) is 5.99. The highest BCUT2D eigenvalue weighted by molar-refractivity contribution is 5.87. The van der Waals surface area contributed by atoms with Crippen LogP contribution in [0.2, 0.25) is 0 Å². The van der Waals surface area contributed by atoms with E-state index in [2.05, 4.69) is 76.4 Å². The lowest BCUT2D eigenvalue weighted by molar-refractivity contribution is 0.526. The van der Waals surface area contributed by atoms with E-state index in [1.807, 2.05) is 6.20 Å². The minimum Gasteiger partial charge on any atom is -0.432 e. The number of nitrogens with one attached hydrogen (secondary N) is 1. The number of aromatic nitrogens is 2. The topological polar surface area (TPSA) is 42.5 Å². The van der Waals surface area contributed by atoms with Gasteiger partial charge in [0.05, 0.1) is 11.4 Å². The standard InChI is InChI=1S/C25H21N3O/c1-2-6-18-13-21(10-9-17(18)5-1)24-23(28-11-12-29-25(28)27-24)16-26-22-14-19-7-3-4-8-20(19)15-22/h1-13,22,26H,14-16H2. The maximum absolute atomic E-state index is 5.59. The molecule has 2 heterocycles. The number of benzene rings is 3. The van der Waals surface area contributed by atoms with Gasteiger partial charge in [-0.3, -0.25) is 4.40 Å². The summed E-state index contributed by atoms with van der Waals surface area (Å²) in [6, 6.07) is 24.2. The molecule has 4 heteroatoms. The first kappa shape index (κ1) is 16.6. The van der Waals surface area contributed by atoms with Crippen molar-refractivity contribution in [1.29, 1.82) is 0 Å². The van der Waals surface area contributed by atoms with Crippen molar-refractivity contribution in [2.45, 2.75) is 25.4 Å². The van der Waals surface area contributed by atoms with Crippen LogP contribution in [0, 0.1) is 0 Å². The Morgan fingerprint density at radius 2 is 1.69 bits per heavy atom. The Hall–Kier alpha value is -3.37. The van der Waals surface area contributed by atoms with Crippen molar-refractivity contribution in [3.63, 3.8) is 0 Å². The van der Waals surface area contributed by atoms with Gasteiger partial charge < -0.3 is 9.73 Å². The number of rotatable bonds is 4. The van der Waals surface area contributed by atoms with Crippen LogP contribution in [0.5, 0.6) is 0 Å². The molecule has 0 unspecified atom stereocenters. The van der Waals surface area contributed by atoms with E-state index in [0.29, 0.717) is 11.9 Å². The van der Waals surface area contributed by atoms with Gasteiger partial charge >= 0.3 is 5.84 Å². The lowest BCUT2D eigenvalue weighted by atomic mass is 10.0. The van der Waals surface area contributed by atoms with E-state index < -0.39 is 0 Å². The van der Waals surface area contributed by atoms with Crippen LogP contribution in [0.1, 0.15) is 16.8 Å². The molecule has 0 aliphatic heterocycles. The van der Waals surface area contributed by atoms with Crippen molar-refractivity contribution < 1.29 is 4.42 Å². The van der Waals surface area contributed by atoms with Crippen molar-refractivity contribution >= 4 is 16.6 Å². The molecule has 142 valence electrons. The molecule has 0 amide bonds. The molecule has 0 saturated carbocycles. The van der Waals surface area contributed by atoms with Crippen LogP contribution in [0.15, 0.2) is 83.6 Å². The van der Waals surface area contributed by atoms with Crippen LogP contribution in [0.3, 0.4) is 0 Å². The average molecular weight is 379 g/mol. The highest BCUT2D eigenvalue weighted by Gasteiger charge is 2.22. The molecule has 0 spiro atoms. The summed E-state index contributed by atoms with van der Waals surface area (Å²) in [7, 11) is 0. The van der Waals surface area contributed by atoms with E-state index in [1.165, 1.54) is 21.9 Å². The zero-order valence-electron chi connectivity index (χ0n) is 16.0. The summed E-state index contributed by atoms with van der Waals surface area (Å²) in [4.78, 5) is 4.79. The third kappa shape index (κ3) is 2.84.